The Morgan fingerprint density at radius 1 is 1.33 bits per heavy atom. The highest BCUT2D eigenvalue weighted by molar-refractivity contribution is 5.99. The Kier molecular flexibility index (Phi) is 5.41. The fourth-order valence-corrected chi connectivity index (χ4v) is 2.17. The SMILES string of the molecule is CCOC(=O)C(Cc1cccc(F)c1F)(C(=O)O)C(C)C. The summed E-state index contributed by atoms with van der Waals surface area (Å²) < 4.78 is 31.9. The van der Waals surface area contributed by atoms with Crippen LogP contribution in [-0.4, -0.2) is 23.7 Å². The van der Waals surface area contributed by atoms with E-state index in [-0.39, 0.29) is 12.2 Å². The van der Waals surface area contributed by atoms with Gasteiger partial charge in [0.1, 0.15) is 0 Å². The van der Waals surface area contributed by atoms with E-state index in [0.29, 0.717) is 0 Å². The number of carboxylic acids is 1. The molecule has 116 valence electrons. The summed E-state index contributed by atoms with van der Waals surface area (Å²) in [5, 5.41) is 9.50. The van der Waals surface area contributed by atoms with Crippen LogP contribution in [0.3, 0.4) is 0 Å². The monoisotopic (exact) mass is 300 g/mol. The van der Waals surface area contributed by atoms with Crippen molar-refractivity contribution in [2.45, 2.75) is 27.2 Å². The van der Waals surface area contributed by atoms with Crippen LogP contribution in [0.2, 0.25) is 0 Å². The lowest BCUT2D eigenvalue weighted by molar-refractivity contribution is -0.172. The minimum Gasteiger partial charge on any atom is -0.480 e. The van der Waals surface area contributed by atoms with Gasteiger partial charge in [0, 0.05) is 6.42 Å². The van der Waals surface area contributed by atoms with Crippen LogP contribution in [0.5, 0.6) is 0 Å². The van der Waals surface area contributed by atoms with Crippen molar-refractivity contribution < 1.29 is 28.2 Å². The maximum atomic E-state index is 13.8. The number of benzene rings is 1. The molecule has 0 bridgehead atoms. The number of hydrogen-bond acceptors (Lipinski definition) is 3. The summed E-state index contributed by atoms with van der Waals surface area (Å²) in [4.78, 5) is 23.8. The van der Waals surface area contributed by atoms with Crippen molar-refractivity contribution in [1.82, 2.24) is 0 Å². The second kappa shape index (κ2) is 6.65. The maximum Gasteiger partial charge on any atom is 0.324 e. The number of ether oxygens (including phenoxy) is 1. The molecule has 0 saturated heterocycles. The molecule has 6 heteroatoms. The third-order valence-corrected chi connectivity index (χ3v) is 3.51. The molecule has 21 heavy (non-hydrogen) atoms. The topological polar surface area (TPSA) is 63.6 Å². The summed E-state index contributed by atoms with van der Waals surface area (Å²) in [6.07, 6.45) is -0.470. The van der Waals surface area contributed by atoms with Gasteiger partial charge in [-0.3, -0.25) is 9.59 Å². The van der Waals surface area contributed by atoms with E-state index < -0.39 is 41.3 Å². The van der Waals surface area contributed by atoms with Crippen LogP contribution in [0.1, 0.15) is 26.3 Å². The number of hydrogen-bond donors (Lipinski definition) is 1. The van der Waals surface area contributed by atoms with Crippen LogP contribution in [-0.2, 0) is 20.7 Å². The van der Waals surface area contributed by atoms with E-state index >= 15 is 0 Å². The first-order valence-corrected chi connectivity index (χ1v) is 6.60. The number of esters is 1. The summed E-state index contributed by atoms with van der Waals surface area (Å²) in [5.41, 5.74) is -2.12. The largest absolute Gasteiger partial charge is 0.480 e. The van der Waals surface area contributed by atoms with Gasteiger partial charge in [-0.25, -0.2) is 8.78 Å². The number of rotatable bonds is 6. The van der Waals surface area contributed by atoms with E-state index in [4.69, 9.17) is 4.74 Å². The van der Waals surface area contributed by atoms with Crippen molar-refractivity contribution in [1.29, 1.82) is 0 Å². The molecule has 0 amide bonds. The molecule has 1 aromatic carbocycles. The van der Waals surface area contributed by atoms with Crippen molar-refractivity contribution in [3.05, 3.63) is 35.4 Å². The van der Waals surface area contributed by atoms with Gasteiger partial charge in [0.2, 0.25) is 0 Å². The maximum absolute atomic E-state index is 13.8. The predicted molar refractivity (Wildman–Crippen MR) is 71.6 cm³/mol. The lowest BCUT2D eigenvalue weighted by Gasteiger charge is -2.31. The second-order valence-corrected chi connectivity index (χ2v) is 5.04. The summed E-state index contributed by atoms with van der Waals surface area (Å²) in [6, 6.07) is 3.46. The summed E-state index contributed by atoms with van der Waals surface area (Å²) >= 11 is 0. The molecular formula is C15H18F2O4. The molecule has 0 heterocycles. The van der Waals surface area contributed by atoms with E-state index in [9.17, 15) is 23.5 Å². The molecular weight excluding hydrogens is 282 g/mol. The second-order valence-electron chi connectivity index (χ2n) is 5.04. The van der Waals surface area contributed by atoms with E-state index in [0.717, 1.165) is 6.07 Å². The number of carboxylic acid groups (broad SMARTS) is 1. The zero-order chi connectivity index (χ0) is 16.2. The average molecular weight is 300 g/mol. The molecule has 1 atom stereocenters. The molecule has 0 radical (unpaired) electrons. The summed E-state index contributed by atoms with van der Waals surface area (Å²) in [6.45, 7) is 4.62. The van der Waals surface area contributed by atoms with Gasteiger partial charge in [0.05, 0.1) is 6.61 Å². The number of carbonyl (C=O) groups excluding carboxylic acids is 1. The smallest absolute Gasteiger partial charge is 0.324 e. The van der Waals surface area contributed by atoms with Crippen LogP contribution >= 0.6 is 0 Å². The van der Waals surface area contributed by atoms with Crippen LogP contribution in [0, 0.1) is 23.0 Å². The van der Waals surface area contributed by atoms with Gasteiger partial charge in [-0.2, -0.15) is 0 Å². The van der Waals surface area contributed by atoms with Crippen LogP contribution < -0.4 is 0 Å². The highest BCUT2D eigenvalue weighted by Crippen LogP contribution is 2.35. The van der Waals surface area contributed by atoms with Crippen LogP contribution in [0.15, 0.2) is 18.2 Å². The molecule has 0 aliphatic carbocycles. The molecule has 0 aliphatic rings. The van der Waals surface area contributed by atoms with Gasteiger partial charge in [0.15, 0.2) is 17.0 Å². The van der Waals surface area contributed by atoms with Crippen molar-refractivity contribution in [3.63, 3.8) is 0 Å². The van der Waals surface area contributed by atoms with Gasteiger partial charge >= 0.3 is 11.9 Å². The minimum atomic E-state index is -1.95. The lowest BCUT2D eigenvalue weighted by atomic mass is 9.72. The Morgan fingerprint density at radius 2 is 1.95 bits per heavy atom. The number of halogens is 2. The van der Waals surface area contributed by atoms with E-state index in [1.807, 2.05) is 0 Å². The van der Waals surface area contributed by atoms with E-state index in [1.54, 1.807) is 6.92 Å². The Hall–Kier alpha value is -1.98. The highest BCUT2D eigenvalue weighted by Gasteiger charge is 2.51. The van der Waals surface area contributed by atoms with E-state index in [1.165, 1.54) is 26.0 Å². The number of carbonyl (C=O) groups is 2. The van der Waals surface area contributed by atoms with Crippen molar-refractivity contribution in [2.75, 3.05) is 6.61 Å². The molecule has 1 aromatic rings. The molecule has 0 aromatic heterocycles. The Labute approximate surface area is 121 Å². The van der Waals surface area contributed by atoms with Crippen LogP contribution in [0.4, 0.5) is 8.78 Å². The Bertz CT molecular complexity index is 542. The first-order valence-electron chi connectivity index (χ1n) is 6.60. The molecule has 0 aliphatic heterocycles. The van der Waals surface area contributed by atoms with Crippen LogP contribution in [0.25, 0.3) is 0 Å². The zero-order valence-corrected chi connectivity index (χ0v) is 12.2. The third-order valence-electron chi connectivity index (χ3n) is 3.51. The molecule has 4 nitrogen and oxygen atoms in total. The Morgan fingerprint density at radius 3 is 2.43 bits per heavy atom. The van der Waals surface area contributed by atoms with Gasteiger partial charge in [-0.1, -0.05) is 26.0 Å². The molecule has 1 N–H and O–H groups in total. The van der Waals surface area contributed by atoms with Crippen molar-refractivity contribution in [3.8, 4) is 0 Å². The van der Waals surface area contributed by atoms with Gasteiger partial charge in [-0.15, -0.1) is 0 Å². The first-order chi connectivity index (χ1) is 9.77. The molecule has 0 spiro atoms. The molecule has 1 unspecified atom stereocenters. The van der Waals surface area contributed by atoms with Gasteiger partial charge in [-0.05, 0) is 24.5 Å². The summed E-state index contributed by atoms with van der Waals surface area (Å²) in [5.74, 6) is -5.25. The fraction of sp³-hybridized carbons (Fsp3) is 0.467. The fourth-order valence-electron chi connectivity index (χ4n) is 2.17. The highest BCUT2D eigenvalue weighted by atomic mass is 19.2. The minimum absolute atomic E-state index is 0.00617. The standard InChI is InChI=1S/C15H18F2O4/c1-4-21-14(20)15(9(2)3,13(18)19)8-10-6-5-7-11(16)12(10)17/h5-7,9H,4,8H2,1-3H3,(H,18,19). The normalized spacial score (nSPS) is 13.8. The predicted octanol–water partition coefficient (Wildman–Crippen LogP) is 2.80. The zero-order valence-electron chi connectivity index (χ0n) is 12.2. The Balaban J connectivity index is 3.34. The van der Waals surface area contributed by atoms with E-state index in [2.05, 4.69) is 0 Å². The number of aliphatic carboxylic acids is 1. The molecule has 0 fully saturated rings. The summed E-state index contributed by atoms with van der Waals surface area (Å²) in [7, 11) is 0. The van der Waals surface area contributed by atoms with Gasteiger partial charge < -0.3 is 9.84 Å². The van der Waals surface area contributed by atoms with Crippen molar-refractivity contribution in [2.24, 2.45) is 11.3 Å². The average Bonchev–Trinajstić information content (AvgIpc) is 2.39. The molecule has 0 saturated carbocycles. The third kappa shape index (κ3) is 3.20. The first kappa shape index (κ1) is 17.1. The molecule has 1 rings (SSSR count). The van der Waals surface area contributed by atoms with Gasteiger partial charge in [0.25, 0.3) is 0 Å². The van der Waals surface area contributed by atoms with Crippen molar-refractivity contribution >= 4 is 11.9 Å². The lowest BCUT2D eigenvalue weighted by Crippen LogP contribution is -2.47. The quantitative estimate of drug-likeness (QED) is 0.648.